The van der Waals surface area contributed by atoms with Gasteiger partial charge >= 0.3 is 6.18 Å². The standard InChI is InChI=1S/C12H9ClF3IN2/c1-2-19-6-7(11(18-19)12(14,15)16)10-8(13)4-3-5-9(10)17/h3-6H,2H2,1H3. The molecule has 1 heterocycles. The highest BCUT2D eigenvalue weighted by Crippen LogP contribution is 2.40. The molecule has 0 radical (unpaired) electrons. The molecule has 0 aliphatic carbocycles. The number of rotatable bonds is 2. The molecule has 0 saturated carbocycles. The van der Waals surface area contributed by atoms with Crippen LogP contribution in [0.5, 0.6) is 0 Å². The number of alkyl halides is 3. The van der Waals surface area contributed by atoms with Gasteiger partial charge in [-0.25, -0.2) is 0 Å². The highest BCUT2D eigenvalue weighted by molar-refractivity contribution is 14.1. The summed E-state index contributed by atoms with van der Waals surface area (Å²) in [6.07, 6.45) is -3.12. The van der Waals surface area contributed by atoms with E-state index in [4.69, 9.17) is 11.6 Å². The van der Waals surface area contributed by atoms with Crippen molar-refractivity contribution in [1.82, 2.24) is 9.78 Å². The van der Waals surface area contributed by atoms with Crippen LogP contribution in [0.3, 0.4) is 0 Å². The molecule has 0 bridgehead atoms. The Bertz CT molecular complexity index is 587. The van der Waals surface area contributed by atoms with E-state index in [9.17, 15) is 13.2 Å². The summed E-state index contributed by atoms with van der Waals surface area (Å²) in [7, 11) is 0. The van der Waals surface area contributed by atoms with E-state index in [0.717, 1.165) is 0 Å². The molecule has 7 heteroatoms. The van der Waals surface area contributed by atoms with Crippen LogP contribution in [0.2, 0.25) is 5.02 Å². The lowest BCUT2D eigenvalue weighted by molar-refractivity contribution is -0.141. The molecule has 0 spiro atoms. The Kier molecular flexibility index (Phi) is 4.10. The molecule has 0 fully saturated rings. The third kappa shape index (κ3) is 2.89. The average molecular weight is 401 g/mol. The maximum absolute atomic E-state index is 13.0. The van der Waals surface area contributed by atoms with E-state index in [0.29, 0.717) is 15.7 Å². The van der Waals surface area contributed by atoms with Gasteiger partial charge in [0.05, 0.1) is 0 Å². The number of benzene rings is 1. The van der Waals surface area contributed by atoms with Gasteiger partial charge in [0, 0.05) is 32.5 Å². The van der Waals surface area contributed by atoms with Crippen LogP contribution in [0.15, 0.2) is 24.4 Å². The van der Waals surface area contributed by atoms with Gasteiger partial charge in [-0.3, -0.25) is 4.68 Å². The van der Waals surface area contributed by atoms with E-state index >= 15 is 0 Å². The molecule has 102 valence electrons. The summed E-state index contributed by atoms with van der Waals surface area (Å²) in [6, 6.07) is 4.98. The van der Waals surface area contributed by atoms with Crippen LogP contribution in [0.25, 0.3) is 11.1 Å². The summed E-state index contributed by atoms with van der Waals surface area (Å²) < 4.78 is 41.0. The zero-order chi connectivity index (χ0) is 14.2. The van der Waals surface area contributed by atoms with Crippen LogP contribution in [-0.2, 0) is 12.7 Å². The second-order valence-corrected chi connectivity index (χ2v) is 5.41. The summed E-state index contributed by atoms with van der Waals surface area (Å²) in [6.45, 7) is 2.10. The molecule has 1 aromatic carbocycles. The quantitative estimate of drug-likeness (QED) is 0.659. The first-order valence-corrected chi connectivity index (χ1v) is 6.89. The monoisotopic (exact) mass is 400 g/mol. The maximum Gasteiger partial charge on any atom is 0.435 e. The van der Waals surface area contributed by atoms with E-state index in [2.05, 4.69) is 5.10 Å². The topological polar surface area (TPSA) is 17.8 Å². The molecule has 0 saturated heterocycles. The predicted molar refractivity (Wildman–Crippen MR) is 76.1 cm³/mol. The predicted octanol–water partition coefficient (Wildman–Crippen LogP) is 4.85. The molecule has 2 aromatic rings. The summed E-state index contributed by atoms with van der Waals surface area (Å²) in [5, 5.41) is 3.87. The van der Waals surface area contributed by atoms with Crippen molar-refractivity contribution in [3.63, 3.8) is 0 Å². The largest absolute Gasteiger partial charge is 0.435 e. The lowest BCUT2D eigenvalue weighted by Crippen LogP contribution is -2.09. The van der Waals surface area contributed by atoms with Gasteiger partial charge in [0.25, 0.3) is 0 Å². The number of aryl methyl sites for hydroxylation is 1. The number of halogens is 5. The number of aromatic nitrogens is 2. The minimum atomic E-state index is -4.50. The molecule has 0 aliphatic heterocycles. The van der Waals surface area contributed by atoms with Gasteiger partial charge in [-0.1, -0.05) is 17.7 Å². The van der Waals surface area contributed by atoms with Crippen LogP contribution in [0.4, 0.5) is 13.2 Å². The van der Waals surface area contributed by atoms with Gasteiger partial charge < -0.3 is 0 Å². The van der Waals surface area contributed by atoms with Gasteiger partial charge in [-0.2, -0.15) is 18.3 Å². The molecule has 2 nitrogen and oxygen atoms in total. The normalized spacial score (nSPS) is 11.9. The molecule has 19 heavy (non-hydrogen) atoms. The minimum absolute atomic E-state index is 0.0179. The third-order valence-corrected chi connectivity index (χ3v) is 3.80. The molecular weight excluding hydrogens is 391 g/mol. The maximum atomic E-state index is 13.0. The highest BCUT2D eigenvalue weighted by Gasteiger charge is 2.38. The smallest absolute Gasteiger partial charge is 0.272 e. The van der Waals surface area contributed by atoms with Gasteiger partial charge in [-0.05, 0) is 41.6 Å². The second kappa shape index (κ2) is 5.32. The molecule has 0 atom stereocenters. The Morgan fingerprint density at radius 2 is 2.05 bits per heavy atom. The van der Waals surface area contributed by atoms with E-state index in [1.54, 1.807) is 25.1 Å². The third-order valence-electron chi connectivity index (χ3n) is 2.59. The zero-order valence-electron chi connectivity index (χ0n) is 9.80. The average Bonchev–Trinajstić information content (AvgIpc) is 2.72. The Hall–Kier alpha value is -0.760. The molecule has 1 aromatic heterocycles. The van der Waals surface area contributed by atoms with Crippen molar-refractivity contribution in [2.24, 2.45) is 0 Å². The first-order valence-electron chi connectivity index (χ1n) is 5.43. The van der Waals surface area contributed by atoms with Crippen molar-refractivity contribution in [2.75, 3.05) is 0 Å². The molecule has 0 unspecified atom stereocenters. The first-order chi connectivity index (χ1) is 8.84. The van der Waals surface area contributed by atoms with Crippen molar-refractivity contribution < 1.29 is 13.2 Å². The van der Waals surface area contributed by atoms with E-state index in [1.807, 2.05) is 22.6 Å². The van der Waals surface area contributed by atoms with E-state index < -0.39 is 11.9 Å². The molecule has 0 N–H and O–H groups in total. The van der Waals surface area contributed by atoms with Crippen molar-refractivity contribution in [3.05, 3.63) is 38.7 Å². The van der Waals surface area contributed by atoms with Crippen molar-refractivity contribution >= 4 is 34.2 Å². The van der Waals surface area contributed by atoms with Gasteiger partial charge in [0.2, 0.25) is 0 Å². The molecule has 0 aliphatic rings. The second-order valence-electron chi connectivity index (χ2n) is 3.84. The summed E-state index contributed by atoms with van der Waals surface area (Å²) in [5.74, 6) is 0. The van der Waals surface area contributed by atoms with Gasteiger partial charge in [-0.15, -0.1) is 0 Å². The van der Waals surface area contributed by atoms with Crippen LogP contribution >= 0.6 is 34.2 Å². The summed E-state index contributed by atoms with van der Waals surface area (Å²) >= 11 is 8.00. The Morgan fingerprint density at radius 3 is 2.58 bits per heavy atom. The van der Waals surface area contributed by atoms with Crippen LogP contribution < -0.4 is 0 Å². The Morgan fingerprint density at radius 1 is 1.37 bits per heavy atom. The fraction of sp³-hybridized carbons (Fsp3) is 0.250. The Labute approximate surface area is 126 Å². The molecular formula is C12H9ClF3IN2. The molecule has 2 rings (SSSR count). The Balaban J connectivity index is 2.71. The van der Waals surface area contributed by atoms with Crippen molar-refractivity contribution in [3.8, 4) is 11.1 Å². The fourth-order valence-electron chi connectivity index (χ4n) is 1.73. The molecule has 0 amide bonds. The highest BCUT2D eigenvalue weighted by atomic mass is 127. The number of hydrogen-bond donors (Lipinski definition) is 0. The van der Waals surface area contributed by atoms with Gasteiger partial charge in [0.1, 0.15) is 0 Å². The number of nitrogens with zero attached hydrogens (tertiary/aromatic N) is 2. The van der Waals surface area contributed by atoms with E-state index in [1.165, 1.54) is 10.9 Å². The number of hydrogen-bond acceptors (Lipinski definition) is 1. The lowest BCUT2D eigenvalue weighted by Gasteiger charge is -2.09. The van der Waals surface area contributed by atoms with Crippen LogP contribution in [-0.4, -0.2) is 9.78 Å². The van der Waals surface area contributed by atoms with Gasteiger partial charge in [0.15, 0.2) is 5.69 Å². The first kappa shape index (κ1) is 14.6. The van der Waals surface area contributed by atoms with E-state index in [-0.39, 0.29) is 10.6 Å². The summed E-state index contributed by atoms with van der Waals surface area (Å²) in [5.41, 5.74) is -0.512. The van der Waals surface area contributed by atoms with Crippen molar-refractivity contribution in [1.29, 1.82) is 0 Å². The zero-order valence-corrected chi connectivity index (χ0v) is 12.7. The van der Waals surface area contributed by atoms with Crippen LogP contribution in [0, 0.1) is 3.57 Å². The minimum Gasteiger partial charge on any atom is -0.272 e. The van der Waals surface area contributed by atoms with Crippen molar-refractivity contribution in [2.45, 2.75) is 19.6 Å². The SMILES string of the molecule is CCn1cc(-c2c(Cl)cccc2I)c(C(F)(F)F)n1. The summed E-state index contributed by atoms with van der Waals surface area (Å²) in [4.78, 5) is 0. The fourth-order valence-corrected chi connectivity index (χ4v) is 2.96. The lowest BCUT2D eigenvalue weighted by atomic mass is 10.1. The van der Waals surface area contributed by atoms with Crippen LogP contribution in [0.1, 0.15) is 12.6 Å².